The summed E-state index contributed by atoms with van der Waals surface area (Å²) in [6.07, 6.45) is 3.29. The first-order valence-electron chi connectivity index (χ1n) is 10.9. The largest absolute Gasteiger partial charge is 0.494 e. The molecule has 2 aromatic carbocycles. The van der Waals surface area contributed by atoms with Gasteiger partial charge in [-0.05, 0) is 74.7 Å². The van der Waals surface area contributed by atoms with E-state index in [0.29, 0.717) is 23.8 Å². The molecule has 1 amide bonds. The molecule has 0 bridgehead atoms. The summed E-state index contributed by atoms with van der Waals surface area (Å²) >= 11 is 0. The van der Waals surface area contributed by atoms with Crippen molar-refractivity contribution in [3.05, 3.63) is 60.2 Å². The monoisotopic (exact) mass is 475 g/mol. The standard InChI is InChI=1S/C23H29N3O6S/c27-22(18-6-8-19(9-7-18)32-15-12-17-10-13-24-14-11-17)25-16-21(23(28)29)26-33(30,31)20-4-2-1-3-5-20/h1-9,17,21,24,26H,10-16H2,(H,25,27)(H,28,29)/t21-/m0/s1. The Morgan fingerprint density at radius 3 is 2.36 bits per heavy atom. The van der Waals surface area contributed by atoms with E-state index < -0.39 is 34.5 Å². The molecule has 178 valence electrons. The first-order chi connectivity index (χ1) is 15.8. The van der Waals surface area contributed by atoms with E-state index in [1.165, 1.54) is 24.3 Å². The van der Waals surface area contributed by atoms with Gasteiger partial charge in [-0.25, -0.2) is 8.42 Å². The molecule has 1 aliphatic heterocycles. The topological polar surface area (TPSA) is 134 Å². The summed E-state index contributed by atoms with van der Waals surface area (Å²) in [6, 6.07) is 12.5. The fourth-order valence-corrected chi connectivity index (χ4v) is 4.76. The Labute approximate surface area is 193 Å². The van der Waals surface area contributed by atoms with Crippen molar-refractivity contribution in [2.24, 2.45) is 5.92 Å². The van der Waals surface area contributed by atoms with E-state index in [2.05, 4.69) is 15.4 Å². The highest BCUT2D eigenvalue weighted by atomic mass is 32.2. The number of carboxylic acids is 1. The summed E-state index contributed by atoms with van der Waals surface area (Å²) in [4.78, 5) is 23.9. The number of nitrogens with one attached hydrogen (secondary N) is 3. The van der Waals surface area contributed by atoms with E-state index in [4.69, 9.17) is 4.74 Å². The van der Waals surface area contributed by atoms with Crippen LogP contribution < -0.4 is 20.1 Å². The third kappa shape index (κ3) is 7.55. The molecule has 0 radical (unpaired) electrons. The molecule has 4 N–H and O–H groups in total. The van der Waals surface area contributed by atoms with Gasteiger partial charge in [0.25, 0.3) is 5.91 Å². The van der Waals surface area contributed by atoms with Crippen LogP contribution in [0.3, 0.4) is 0 Å². The Hall–Kier alpha value is -2.95. The van der Waals surface area contributed by atoms with Crippen LogP contribution in [0.15, 0.2) is 59.5 Å². The highest BCUT2D eigenvalue weighted by Crippen LogP contribution is 2.18. The second-order valence-corrected chi connectivity index (χ2v) is 9.60. The van der Waals surface area contributed by atoms with Crippen LogP contribution in [0.1, 0.15) is 29.6 Å². The zero-order chi connectivity index (χ0) is 23.7. The van der Waals surface area contributed by atoms with Crippen molar-refractivity contribution in [2.45, 2.75) is 30.2 Å². The molecular formula is C23H29N3O6S. The van der Waals surface area contributed by atoms with Gasteiger partial charge >= 0.3 is 5.97 Å². The first kappa shape index (κ1) is 24.7. The molecule has 2 aromatic rings. The summed E-state index contributed by atoms with van der Waals surface area (Å²) in [5.74, 6) is -0.592. The Balaban J connectivity index is 1.49. The van der Waals surface area contributed by atoms with Crippen LogP contribution in [0.25, 0.3) is 0 Å². The van der Waals surface area contributed by atoms with Gasteiger partial charge in [0.2, 0.25) is 10.0 Å². The molecule has 0 aliphatic carbocycles. The summed E-state index contributed by atoms with van der Waals surface area (Å²) in [5.41, 5.74) is 0.316. The van der Waals surface area contributed by atoms with Crippen molar-refractivity contribution in [2.75, 3.05) is 26.2 Å². The molecule has 0 aromatic heterocycles. The van der Waals surface area contributed by atoms with Gasteiger partial charge in [0.05, 0.1) is 11.5 Å². The van der Waals surface area contributed by atoms with Crippen molar-refractivity contribution in [3.63, 3.8) is 0 Å². The van der Waals surface area contributed by atoms with Gasteiger partial charge in [-0.1, -0.05) is 18.2 Å². The summed E-state index contributed by atoms with van der Waals surface area (Å²) in [5, 5.41) is 15.2. The number of hydrogen-bond donors (Lipinski definition) is 4. The maximum Gasteiger partial charge on any atom is 0.323 e. The van der Waals surface area contributed by atoms with Crippen LogP contribution in [-0.2, 0) is 14.8 Å². The average molecular weight is 476 g/mol. The van der Waals surface area contributed by atoms with E-state index >= 15 is 0 Å². The molecule has 1 heterocycles. The highest BCUT2D eigenvalue weighted by Gasteiger charge is 2.26. The maximum atomic E-state index is 12.4. The summed E-state index contributed by atoms with van der Waals surface area (Å²) < 4.78 is 32.6. The van der Waals surface area contributed by atoms with Gasteiger partial charge in [0.1, 0.15) is 11.8 Å². The number of ether oxygens (including phenoxy) is 1. The third-order valence-corrected chi connectivity index (χ3v) is 6.97. The Morgan fingerprint density at radius 1 is 1.06 bits per heavy atom. The molecule has 1 aliphatic rings. The molecule has 0 saturated carbocycles. The molecule has 1 fully saturated rings. The SMILES string of the molecule is O=C(NC[C@H](NS(=O)(=O)c1ccccc1)C(=O)O)c1ccc(OCCC2CCNCC2)cc1. The Morgan fingerprint density at radius 2 is 1.73 bits per heavy atom. The number of carboxylic acid groups (broad SMARTS) is 1. The van der Waals surface area contributed by atoms with Crippen LogP contribution in [0.5, 0.6) is 5.75 Å². The van der Waals surface area contributed by atoms with Crippen LogP contribution in [0.4, 0.5) is 0 Å². The van der Waals surface area contributed by atoms with Crippen LogP contribution in [-0.4, -0.2) is 57.7 Å². The lowest BCUT2D eigenvalue weighted by molar-refractivity contribution is -0.138. The fraction of sp³-hybridized carbons (Fsp3) is 0.391. The van der Waals surface area contributed by atoms with Gasteiger partial charge < -0.3 is 20.5 Å². The smallest absolute Gasteiger partial charge is 0.323 e. The molecule has 1 saturated heterocycles. The predicted molar refractivity (Wildman–Crippen MR) is 123 cm³/mol. The van der Waals surface area contributed by atoms with Gasteiger partial charge in [-0.2, -0.15) is 4.72 Å². The zero-order valence-corrected chi connectivity index (χ0v) is 19.0. The Kier molecular flexibility index (Phi) is 8.81. The molecule has 9 nitrogen and oxygen atoms in total. The van der Waals surface area contributed by atoms with Gasteiger partial charge in [0.15, 0.2) is 0 Å². The van der Waals surface area contributed by atoms with Crippen LogP contribution in [0, 0.1) is 5.92 Å². The lowest BCUT2D eigenvalue weighted by Crippen LogP contribution is -2.48. The number of carbonyl (C=O) groups is 2. The van der Waals surface area contributed by atoms with Crippen molar-refractivity contribution in [1.29, 1.82) is 0 Å². The molecule has 10 heteroatoms. The number of carbonyl (C=O) groups excluding carboxylic acids is 1. The Bertz CT molecular complexity index is 1020. The van der Waals surface area contributed by atoms with Gasteiger partial charge in [-0.15, -0.1) is 0 Å². The van der Waals surface area contributed by atoms with Crippen molar-refractivity contribution >= 4 is 21.9 Å². The van der Waals surface area contributed by atoms with E-state index in [9.17, 15) is 23.1 Å². The zero-order valence-electron chi connectivity index (χ0n) is 18.2. The summed E-state index contributed by atoms with van der Waals surface area (Å²) in [7, 11) is -4.04. The van der Waals surface area contributed by atoms with Gasteiger partial charge in [-0.3, -0.25) is 9.59 Å². The number of rotatable bonds is 11. The number of sulfonamides is 1. The lowest BCUT2D eigenvalue weighted by Gasteiger charge is -2.22. The number of amides is 1. The second-order valence-electron chi connectivity index (χ2n) is 7.89. The van der Waals surface area contributed by atoms with Crippen LogP contribution in [0.2, 0.25) is 0 Å². The first-order valence-corrected chi connectivity index (χ1v) is 12.4. The quantitative estimate of drug-likeness (QED) is 0.388. The molecule has 0 unspecified atom stereocenters. The number of benzene rings is 2. The molecule has 0 spiro atoms. The minimum atomic E-state index is -4.04. The number of piperidine rings is 1. The van der Waals surface area contributed by atoms with E-state index in [-0.39, 0.29) is 4.90 Å². The predicted octanol–water partition coefficient (Wildman–Crippen LogP) is 1.62. The highest BCUT2D eigenvalue weighted by molar-refractivity contribution is 7.89. The van der Waals surface area contributed by atoms with E-state index in [1.807, 2.05) is 0 Å². The third-order valence-electron chi connectivity index (χ3n) is 5.49. The van der Waals surface area contributed by atoms with Crippen LogP contribution >= 0.6 is 0 Å². The van der Waals surface area contributed by atoms with Crippen molar-refractivity contribution in [1.82, 2.24) is 15.4 Å². The summed E-state index contributed by atoms with van der Waals surface area (Å²) in [6.45, 7) is 2.29. The fourth-order valence-electron chi connectivity index (χ4n) is 3.55. The number of aliphatic carboxylic acids is 1. The van der Waals surface area contributed by atoms with E-state index in [0.717, 1.165) is 32.4 Å². The van der Waals surface area contributed by atoms with Crippen molar-refractivity contribution < 1.29 is 27.9 Å². The lowest BCUT2D eigenvalue weighted by atomic mass is 9.95. The average Bonchev–Trinajstić information content (AvgIpc) is 2.83. The number of hydrogen-bond acceptors (Lipinski definition) is 6. The van der Waals surface area contributed by atoms with Crippen molar-refractivity contribution in [3.8, 4) is 5.75 Å². The molecular weight excluding hydrogens is 446 g/mol. The minimum absolute atomic E-state index is 0.0571. The molecule has 33 heavy (non-hydrogen) atoms. The molecule has 1 atom stereocenters. The molecule has 3 rings (SSSR count). The van der Waals surface area contributed by atoms with Gasteiger partial charge in [0, 0.05) is 12.1 Å². The second kappa shape index (κ2) is 11.8. The minimum Gasteiger partial charge on any atom is -0.494 e. The van der Waals surface area contributed by atoms with E-state index in [1.54, 1.807) is 30.3 Å². The normalized spacial score (nSPS) is 15.5. The maximum absolute atomic E-state index is 12.4.